The zero-order chi connectivity index (χ0) is 16.0. The van der Waals surface area contributed by atoms with E-state index in [9.17, 15) is 18.0 Å². The Morgan fingerprint density at radius 2 is 1.76 bits per heavy atom. The van der Waals surface area contributed by atoms with E-state index >= 15 is 0 Å². The van der Waals surface area contributed by atoms with E-state index in [0.29, 0.717) is 12.1 Å². The molecule has 6 heteroatoms. The van der Waals surface area contributed by atoms with Crippen molar-refractivity contribution in [2.75, 3.05) is 13.1 Å². The van der Waals surface area contributed by atoms with Gasteiger partial charge in [-0.05, 0) is 31.2 Å². The number of hydrogen-bond acceptors (Lipinski definition) is 2. The lowest BCUT2D eigenvalue weighted by Crippen LogP contribution is -2.36. The Labute approximate surface area is 122 Å². The maximum absolute atomic E-state index is 12.5. The average Bonchev–Trinajstić information content (AvgIpc) is 2.43. The van der Waals surface area contributed by atoms with Crippen LogP contribution in [0, 0.1) is 5.92 Å². The minimum atomic E-state index is -4.34. The molecule has 1 amide bonds. The molecule has 0 aromatic heterocycles. The fourth-order valence-corrected chi connectivity index (χ4v) is 1.85. The third-order valence-corrected chi connectivity index (χ3v) is 3.24. The van der Waals surface area contributed by atoms with Crippen molar-refractivity contribution in [3.05, 3.63) is 35.4 Å². The summed E-state index contributed by atoms with van der Waals surface area (Å²) in [5.74, 6) is -0.315. The van der Waals surface area contributed by atoms with E-state index in [4.69, 9.17) is 0 Å². The Balaban J connectivity index is 2.63. The van der Waals surface area contributed by atoms with Crippen LogP contribution in [0.25, 0.3) is 0 Å². The van der Waals surface area contributed by atoms with Gasteiger partial charge in [-0.15, -0.1) is 0 Å². The molecule has 0 aliphatic rings. The minimum absolute atomic E-state index is 0.122. The first-order valence-corrected chi connectivity index (χ1v) is 6.94. The molecule has 0 aliphatic heterocycles. The topological polar surface area (TPSA) is 41.1 Å². The van der Waals surface area contributed by atoms with E-state index in [1.807, 2.05) is 6.92 Å². The van der Waals surface area contributed by atoms with Gasteiger partial charge in [-0.2, -0.15) is 13.2 Å². The average molecular weight is 302 g/mol. The quantitative estimate of drug-likeness (QED) is 0.847. The first-order valence-electron chi connectivity index (χ1n) is 6.94. The van der Waals surface area contributed by atoms with Crippen molar-refractivity contribution in [3.8, 4) is 0 Å². The standard InChI is InChI=1S/C15H21F3N2O/c1-4-19-9-10(2)14(21)20-11(3)12-5-7-13(8-6-12)15(16,17)18/h5-8,10-11,19H,4,9H2,1-3H3,(H,20,21). The van der Waals surface area contributed by atoms with Gasteiger partial charge in [0.1, 0.15) is 0 Å². The highest BCUT2D eigenvalue weighted by atomic mass is 19.4. The van der Waals surface area contributed by atoms with Gasteiger partial charge >= 0.3 is 6.18 Å². The molecular weight excluding hydrogens is 281 g/mol. The second-order valence-electron chi connectivity index (χ2n) is 5.06. The van der Waals surface area contributed by atoms with Crippen molar-refractivity contribution in [1.29, 1.82) is 0 Å². The fraction of sp³-hybridized carbons (Fsp3) is 0.533. The van der Waals surface area contributed by atoms with E-state index in [1.54, 1.807) is 13.8 Å². The summed E-state index contributed by atoms with van der Waals surface area (Å²) >= 11 is 0. The number of nitrogens with one attached hydrogen (secondary N) is 2. The maximum atomic E-state index is 12.5. The third kappa shape index (κ3) is 5.38. The Hall–Kier alpha value is -1.56. The summed E-state index contributed by atoms with van der Waals surface area (Å²) in [5.41, 5.74) is -0.0442. The number of rotatable bonds is 6. The molecule has 0 radical (unpaired) electrons. The van der Waals surface area contributed by atoms with Crippen molar-refractivity contribution >= 4 is 5.91 Å². The second-order valence-corrected chi connectivity index (χ2v) is 5.06. The van der Waals surface area contributed by atoms with Crippen LogP contribution < -0.4 is 10.6 Å². The van der Waals surface area contributed by atoms with Gasteiger partial charge in [-0.1, -0.05) is 26.0 Å². The summed E-state index contributed by atoms with van der Waals surface area (Å²) in [4.78, 5) is 11.9. The zero-order valence-corrected chi connectivity index (χ0v) is 12.4. The van der Waals surface area contributed by atoms with Crippen LogP contribution in [0.5, 0.6) is 0 Å². The summed E-state index contributed by atoms with van der Waals surface area (Å²) in [5, 5.41) is 5.88. The molecule has 0 aliphatic carbocycles. The van der Waals surface area contributed by atoms with Crippen LogP contribution in [0.15, 0.2) is 24.3 Å². The van der Waals surface area contributed by atoms with Crippen LogP contribution in [-0.2, 0) is 11.0 Å². The largest absolute Gasteiger partial charge is 0.416 e. The predicted octanol–water partition coefficient (Wildman–Crippen LogP) is 3.13. The van der Waals surface area contributed by atoms with Gasteiger partial charge in [0, 0.05) is 12.5 Å². The molecule has 1 aromatic carbocycles. The highest BCUT2D eigenvalue weighted by molar-refractivity contribution is 5.78. The highest BCUT2D eigenvalue weighted by Gasteiger charge is 2.30. The molecule has 0 heterocycles. The number of amides is 1. The molecular formula is C15H21F3N2O. The van der Waals surface area contributed by atoms with Gasteiger partial charge in [-0.25, -0.2) is 0 Å². The predicted molar refractivity (Wildman–Crippen MR) is 75.7 cm³/mol. The Kier molecular flexibility index (Phi) is 6.20. The number of carbonyl (C=O) groups excluding carboxylic acids is 1. The summed E-state index contributed by atoms with van der Waals surface area (Å²) in [6.45, 7) is 6.86. The molecule has 118 valence electrons. The first-order chi connectivity index (χ1) is 9.75. The zero-order valence-electron chi connectivity index (χ0n) is 12.4. The van der Waals surface area contributed by atoms with E-state index < -0.39 is 11.7 Å². The molecule has 2 atom stereocenters. The van der Waals surface area contributed by atoms with Crippen LogP contribution in [0.1, 0.15) is 37.9 Å². The van der Waals surface area contributed by atoms with E-state index in [-0.39, 0.29) is 17.9 Å². The fourth-order valence-electron chi connectivity index (χ4n) is 1.85. The monoisotopic (exact) mass is 302 g/mol. The van der Waals surface area contributed by atoms with Crippen LogP contribution in [0.3, 0.4) is 0 Å². The van der Waals surface area contributed by atoms with Crippen LogP contribution in [0.4, 0.5) is 13.2 Å². The molecule has 1 aromatic rings. The second kappa shape index (κ2) is 7.45. The lowest BCUT2D eigenvalue weighted by Gasteiger charge is -2.18. The Morgan fingerprint density at radius 3 is 2.24 bits per heavy atom. The Bertz CT molecular complexity index is 457. The molecule has 2 unspecified atom stereocenters. The molecule has 21 heavy (non-hydrogen) atoms. The third-order valence-electron chi connectivity index (χ3n) is 3.24. The van der Waals surface area contributed by atoms with Gasteiger partial charge < -0.3 is 10.6 Å². The van der Waals surface area contributed by atoms with Crippen molar-refractivity contribution < 1.29 is 18.0 Å². The van der Waals surface area contributed by atoms with Crippen LogP contribution in [0.2, 0.25) is 0 Å². The number of carbonyl (C=O) groups is 1. The van der Waals surface area contributed by atoms with E-state index in [0.717, 1.165) is 18.7 Å². The smallest absolute Gasteiger partial charge is 0.349 e. The summed E-state index contributed by atoms with van der Waals surface area (Å²) in [6.07, 6.45) is -4.34. The maximum Gasteiger partial charge on any atom is 0.416 e. The van der Waals surface area contributed by atoms with Crippen LogP contribution >= 0.6 is 0 Å². The van der Waals surface area contributed by atoms with Gasteiger partial charge in [0.05, 0.1) is 11.6 Å². The lowest BCUT2D eigenvalue weighted by atomic mass is 10.0. The molecule has 3 nitrogen and oxygen atoms in total. The van der Waals surface area contributed by atoms with Gasteiger partial charge in [0.15, 0.2) is 0 Å². The van der Waals surface area contributed by atoms with Crippen molar-refractivity contribution in [3.63, 3.8) is 0 Å². The molecule has 0 spiro atoms. The first kappa shape index (κ1) is 17.5. The SMILES string of the molecule is CCNCC(C)C(=O)NC(C)c1ccc(C(F)(F)F)cc1. The number of hydrogen-bond donors (Lipinski definition) is 2. The normalized spacial score (nSPS) is 14.6. The Morgan fingerprint density at radius 1 is 1.19 bits per heavy atom. The van der Waals surface area contributed by atoms with Crippen molar-refractivity contribution in [1.82, 2.24) is 10.6 Å². The summed E-state index contributed by atoms with van der Waals surface area (Å²) < 4.78 is 37.4. The summed E-state index contributed by atoms with van der Waals surface area (Å²) in [7, 11) is 0. The minimum Gasteiger partial charge on any atom is -0.349 e. The number of alkyl halides is 3. The van der Waals surface area contributed by atoms with Gasteiger partial charge in [-0.3, -0.25) is 4.79 Å². The molecule has 0 saturated carbocycles. The summed E-state index contributed by atoms with van der Waals surface area (Å²) in [6, 6.07) is 4.51. The lowest BCUT2D eigenvalue weighted by molar-refractivity contribution is -0.137. The number of benzene rings is 1. The molecule has 2 N–H and O–H groups in total. The van der Waals surface area contributed by atoms with Gasteiger partial charge in [0.2, 0.25) is 5.91 Å². The highest BCUT2D eigenvalue weighted by Crippen LogP contribution is 2.29. The van der Waals surface area contributed by atoms with Gasteiger partial charge in [0.25, 0.3) is 0 Å². The van der Waals surface area contributed by atoms with E-state index in [1.165, 1.54) is 12.1 Å². The molecule has 0 bridgehead atoms. The molecule has 0 saturated heterocycles. The number of halogens is 3. The molecule has 0 fully saturated rings. The van der Waals surface area contributed by atoms with Crippen molar-refractivity contribution in [2.45, 2.75) is 33.0 Å². The van der Waals surface area contributed by atoms with E-state index in [2.05, 4.69) is 10.6 Å². The van der Waals surface area contributed by atoms with Crippen molar-refractivity contribution in [2.24, 2.45) is 5.92 Å². The van der Waals surface area contributed by atoms with Crippen LogP contribution in [-0.4, -0.2) is 19.0 Å². The molecule has 1 rings (SSSR count).